The minimum Gasteiger partial charge on any atom is -0.495 e. The molecule has 2 aromatic carbocycles. The molecule has 9 heteroatoms. The van der Waals surface area contributed by atoms with Crippen molar-refractivity contribution in [3.05, 3.63) is 99.2 Å². The van der Waals surface area contributed by atoms with Crippen molar-refractivity contribution >= 4 is 11.0 Å². The highest BCUT2D eigenvalue weighted by molar-refractivity contribution is 5.76. The Bertz CT molecular complexity index is 1700. The lowest BCUT2D eigenvalue weighted by atomic mass is 10.2. The topological polar surface area (TPSA) is 101 Å². The standard InChI is InChI=1S/C28H26N4O5/c1-17(2)36-20-13-11-19(12-14-20)26-30-22(18(3)37-26)16-31-27(33)21-8-7-15-29-25(21)32(28(31)34)23-9-5-6-10-24(23)35-4/h5-15,17H,16H2,1-4H3. The lowest BCUT2D eigenvalue weighted by Gasteiger charge is -2.15. The number of ether oxygens (including phenoxy) is 2. The maximum atomic E-state index is 13.7. The molecule has 0 saturated carbocycles. The van der Waals surface area contributed by atoms with E-state index >= 15 is 0 Å². The monoisotopic (exact) mass is 498 g/mol. The van der Waals surface area contributed by atoms with Crippen LogP contribution >= 0.6 is 0 Å². The molecule has 188 valence electrons. The summed E-state index contributed by atoms with van der Waals surface area (Å²) >= 11 is 0. The summed E-state index contributed by atoms with van der Waals surface area (Å²) in [5.74, 6) is 2.13. The van der Waals surface area contributed by atoms with Gasteiger partial charge in [0.15, 0.2) is 5.65 Å². The van der Waals surface area contributed by atoms with Gasteiger partial charge in [-0.3, -0.25) is 9.36 Å². The smallest absolute Gasteiger partial charge is 0.337 e. The van der Waals surface area contributed by atoms with Gasteiger partial charge in [0.2, 0.25) is 5.89 Å². The third-order valence-corrected chi connectivity index (χ3v) is 5.90. The number of pyridine rings is 1. The minimum absolute atomic E-state index is 0.0665. The molecular weight excluding hydrogens is 472 g/mol. The van der Waals surface area contributed by atoms with Crippen molar-refractivity contribution in [1.29, 1.82) is 0 Å². The number of benzene rings is 2. The van der Waals surface area contributed by atoms with Crippen LogP contribution in [0.2, 0.25) is 0 Å². The Morgan fingerprint density at radius 2 is 1.76 bits per heavy atom. The largest absolute Gasteiger partial charge is 0.495 e. The SMILES string of the molecule is COc1ccccc1-n1c(=O)n(Cc2nc(-c3ccc(OC(C)C)cc3)oc2C)c(=O)c2cccnc21. The van der Waals surface area contributed by atoms with E-state index < -0.39 is 11.2 Å². The average Bonchev–Trinajstić information content (AvgIpc) is 3.27. The van der Waals surface area contributed by atoms with Crippen molar-refractivity contribution in [3.63, 3.8) is 0 Å². The van der Waals surface area contributed by atoms with E-state index in [1.165, 1.54) is 11.7 Å². The van der Waals surface area contributed by atoms with Crippen LogP contribution in [0.4, 0.5) is 0 Å². The highest BCUT2D eigenvalue weighted by atomic mass is 16.5. The van der Waals surface area contributed by atoms with Gasteiger partial charge in [0.1, 0.15) is 23.0 Å². The van der Waals surface area contributed by atoms with Crippen LogP contribution in [0.3, 0.4) is 0 Å². The van der Waals surface area contributed by atoms with Crippen LogP contribution in [0.15, 0.2) is 80.9 Å². The van der Waals surface area contributed by atoms with E-state index in [9.17, 15) is 9.59 Å². The Kier molecular flexibility index (Phi) is 6.35. The first-order valence-corrected chi connectivity index (χ1v) is 11.8. The van der Waals surface area contributed by atoms with Crippen LogP contribution in [0, 0.1) is 6.92 Å². The molecule has 0 bridgehead atoms. The zero-order valence-corrected chi connectivity index (χ0v) is 21.0. The van der Waals surface area contributed by atoms with Crippen LogP contribution in [0.25, 0.3) is 28.2 Å². The van der Waals surface area contributed by atoms with E-state index in [2.05, 4.69) is 9.97 Å². The van der Waals surface area contributed by atoms with Crippen LogP contribution in [0.1, 0.15) is 25.3 Å². The fraction of sp³-hybridized carbons (Fsp3) is 0.214. The highest BCUT2D eigenvalue weighted by Gasteiger charge is 2.20. The number of aryl methyl sites for hydroxylation is 1. The quantitative estimate of drug-likeness (QED) is 0.329. The van der Waals surface area contributed by atoms with Gasteiger partial charge in [-0.15, -0.1) is 0 Å². The summed E-state index contributed by atoms with van der Waals surface area (Å²) in [7, 11) is 1.53. The van der Waals surface area contributed by atoms with Gasteiger partial charge < -0.3 is 13.9 Å². The molecule has 0 aliphatic carbocycles. The van der Waals surface area contributed by atoms with Crippen LogP contribution < -0.4 is 20.7 Å². The van der Waals surface area contributed by atoms with Gasteiger partial charge in [-0.25, -0.2) is 19.3 Å². The average molecular weight is 499 g/mol. The molecule has 5 aromatic rings. The van der Waals surface area contributed by atoms with Gasteiger partial charge in [0.05, 0.1) is 30.8 Å². The van der Waals surface area contributed by atoms with Gasteiger partial charge in [-0.05, 0) is 69.3 Å². The number of para-hydroxylation sites is 2. The molecule has 0 fully saturated rings. The van der Waals surface area contributed by atoms with E-state index in [0.29, 0.717) is 34.2 Å². The molecule has 0 amide bonds. The van der Waals surface area contributed by atoms with Gasteiger partial charge in [-0.2, -0.15) is 0 Å². The molecule has 3 aromatic heterocycles. The van der Waals surface area contributed by atoms with Crippen LogP contribution in [0.5, 0.6) is 11.5 Å². The van der Waals surface area contributed by atoms with Crippen molar-refractivity contribution in [2.45, 2.75) is 33.4 Å². The maximum Gasteiger partial charge on any atom is 0.337 e. The van der Waals surface area contributed by atoms with Crippen molar-refractivity contribution in [1.82, 2.24) is 19.1 Å². The van der Waals surface area contributed by atoms with E-state index in [1.807, 2.05) is 38.1 Å². The summed E-state index contributed by atoms with van der Waals surface area (Å²) in [6.45, 7) is 5.62. The molecule has 0 spiro atoms. The number of oxazole rings is 1. The summed E-state index contributed by atoms with van der Waals surface area (Å²) in [5.41, 5.74) is 0.949. The molecule has 9 nitrogen and oxygen atoms in total. The minimum atomic E-state index is -0.556. The van der Waals surface area contributed by atoms with Gasteiger partial charge in [-0.1, -0.05) is 12.1 Å². The van der Waals surface area contributed by atoms with Gasteiger partial charge in [0.25, 0.3) is 5.56 Å². The van der Waals surface area contributed by atoms with Crippen molar-refractivity contribution in [2.75, 3.05) is 7.11 Å². The lowest BCUT2D eigenvalue weighted by molar-refractivity contribution is 0.242. The summed E-state index contributed by atoms with van der Waals surface area (Å²) < 4.78 is 19.6. The van der Waals surface area contributed by atoms with E-state index in [1.54, 1.807) is 49.5 Å². The molecule has 0 aliphatic rings. The summed E-state index contributed by atoms with van der Waals surface area (Å²) in [4.78, 5) is 36.1. The van der Waals surface area contributed by atoms with Crippen molar-refractivity contribution in [2.24, 2.45) is 0 Å². The Morgan fingerprint density at radius 3 is 2.49 bits per heavy atom. The Hall–Kier alpha value is -4.66. The van der Waals surface area contributed by atoms with Crippen molar-refractivity contribution in [3.8, 4) is 28.6 Å². The molecule has 0 radical (unpaired) electrons. The molecule has 0 unspecified atom stereocenters. The predicted octanol–water partition coefficient (Wildman–Crippen LogP) is 4.35. The first-order chi connectivity index (χ1) is 17.9. The molecule has 3 heterocycles. The second-order valence-corrected chi connectivity index (χ2v) is 8.77. The Morgan fingerprint density at radius 1 is 1.00 bits per heavy atom. The Balaban J connectivity index is 1.60. The number of hydrogen-bond donors (Lipinski definition) is 0. The highest BCUT2D eigenvalue weighted by Crippen LogP contribution is 2.26. The van der Waals surface area contributed by atoms with Crippen molar-refractivity contribution < 1.29 is 13.9 Å². The third kappa shape index (κ3) is 4.51. The fourth-order valence-electron chi connectivity index (χ4n) is 4.15. The summed E-state index contributed by atoms with van der Waals surface area (Å²) in [6, 6.07) is 17.8. The molecule has 0 saturated heterocycles. The number of methoxy groups -OCH3 is 1. The first-order valence-electron chi connectivity index (χ1n) is 11.8. The number of fused-ring (bicyclic) bond motifs is 1. The summed E-state index contributed by atoms with van der Waals surface area (Å²) in [6.07, 6.45) is 1.61. The first kappa shape index (κ1) is 24.1. The zero-order chi connectivity index (χ0) is 26.1. The van der Waals surface area contributed by atoms with Gasteiger partial charge >= 0.3 is 5.69 Å². The van der Waals surface area contributed by atoms with Crippen LogP contribution in [-0.2, 0) is 6.54 Å². The molecular formula is C28H26N4O5. The number of rotatable bonds is 7. The zero-order valence-electron chi connectivity index (χ0n) is 21.0. The normalized spacial score (nSPS) is 11.3. The summed E-state index contributed by atoms with van der Waals surface area (Å²) in [5, 5.41) is 0.301. The lowest BCUT2D eigenvalue weighted by Crippen LogP contribution is -2.40. The molecule has 37 heavy (non-hydrogen) atoms. The number of hydrogen-bond acceptors (Lipinski definition) is 7. The van der Waals surface area contributed by atoms with E-state index in [-0.39, 0.29) is 18.3 Å². The molecule has 0 N–H and O–H groups in total. The molecule has 0 atom stereocenters. The van der Waals surface area contributed by atoms with Crippen LogP contribution in [-0.4, -0.2) is 32.3 Å². The third-order valence-electron chi connectivity index (χ3n) is 5.90. The second-order valence-electron chi connectivity index (χ2n) is 8.77. The second kappa shape index (κ2) is 9.77. The Labute approximate surface area is 212 Å². The predicted molar refractivity (Wildman–Crippen MR) is 140 cm³/mol. The number of nitrogens with zero attached hydrogens (tertiary/aromatic N) is 4. The van der Waals surface area contributed by atoms with E-state index in [0.717, 1.165) is 15.9 Å². The molecule has 5 rings (SSSR count). The fourth-order valence-corrected chi connectivity index (χ4v) is 4.15. The molecule has 0 aliphatic heterocycles. The van der Waals surface area contributed by atoms with E-state index in [4.69, 9.17) is 13.9 Å². The van der Waals surface area contributed by atoms with Gasteiger partial charge in [0, 0.05) is 11.8 Å². The number of aromatic nitrogens is 4. The maximum absolute atomic E-state index is 13.7.